The molecule has 112 valence electrons. The van der Waals surface area contributed by atoms with Gasteiger partial charge in [-0.05, 0) is 31.5 Å². The topological polar surface area (TPSA) is 69.8 Å². The lowest BCUT2D eigenvalue weighted by Gasteiger charge is -2.11. The van der Waals surface area contributed by atoms with E-state index in [-0.39, 0.29) is 11.3 Å². The van der Waals surface area contributed by atoms with Gasteiger partial charge in [-0.3, -0.25) is 14.2 Å². The van der Waals surface area contributed by atoms with Gasteiger partial charge in [0.05, 0.1) is 10.9 Å². The maximum atomic E-state index is 12.7. The van der Waals surface area contributed by atoms with Crippen molar-refractivity contribution in [2.24, 2.45) is 14.1 Å². The van der Waals surface area contributed by atoms with E-state index >= 15 is 0 Å². The van der Waals surface area contributed by atoms with Crippen LogP contribution in [0.2, 0.25) is 0 Å². The van der Waals surface area contributed by atoms with Crippen LogP contribution < -0.4 is 5.56 Å². The van der Waals surface area contributed by atoms with Crippen LogP contribution in [0.4, 0.5) is 0 Å². The predicted octanol–water partition coefficient (Wildman–Crippen LogP) is 1.85. The quantitative estimate of drug-likeness (QED) is 0.677. The Bertz CT molecular complexity index is 966. The molecule has 3 aromatic rings. The highest BCUT2D eigenvalue weighted by atomic mass is 16.1. The number of Topliss-reactive ketones (excluding diaryl/α,β-unsaturated/α-hetero) is 1. The first-order chi connectivity index (χ1) is 10.4. The van der Waals surface area contributed by atoms with E-state index in [1.165, 1.54) is 11.5 Å². The molecule has 3 rings (SSSR count). The number of carbonyl (C=O) groups excluding carboxylic acids is 1. The lowest BCUT2D eigenvalue weighted by atomic mass is 10.0. The van der Waals surface area contributed by atoms with Crippen molar-refractivity contribution in [3.05, 3.63) is 46.0 Å². The molecule has 0 spiro atoms. The third kappa shape index (κ3) is 2.04. The molecule has 0 atom stereocenters. The van der Waals surface area contributed by atoms with Crippen LogP contribution in [0.25, 0.3) is 22.6 Å². The standard InChI is InChI=1S/C16H16N4O2/c1-9-7-11(10(2)21)13-12(8-9)16(22)20(4)15(18-13)14-17-5-6-19(14)3/h5-8H,1-4H3. The first-order valence-electron chi connectivity index (χ1n) is 6.90. The van der Waals surface area contributed by atoms with Crippen LogP contribution in [0, 0.1) is 6.92 Å². The number of hydrogen-bond acceptors (Lipinski definition) is 4. The molecule has 0 saturated carbocycles. The zero-order valence-corrected chi connectivity index (χ0v) is 12.9. The van der Waals surface area contributed by atoms with E-state index in [0.29, 0.717) is 28.1 Å². The van der Waals surface area contributed by atoms with Crippen molar-refractivity contribution in [3.8, 4) is 11.6 Å². The van der Waals surface area contributed by atoms with E-state index in [4.69, 9.17) is 0 Å². The fraction of sp³-hybridized carbons (Fsp3) is 0.250. The van der Waals surface area contributed by atoms with Gasteiger partial charge in [0, 0.05) is 32.1 Å². The molecule has 6 heteroatoms. The van der Waals surface area contributed by atoms with Gasteiger partial charge in [0.2, 0.25) is 0 Å². The maximum absolute atomic E-state index is 12.7. The maximum Gasteiger partial charge on any atom is 0.261 e. The number of aromatic nitrogens is 4. The second-order valence-corrected chi connectivity index (χ2v) is 5.43. The van der Waals surface area contributed by atoms with E-state index in [1.54, 1.807) is 36.1 Å². The number of carbonyl (C=O) groups is 1. The van der Waals surface area contributed by atoms with Gasteiger partial charge in [-0.25, -0.2) is 9.97 Å². The summed E-state index contributed by atoms with van der Waals surface area (Å²) in [6.07, 6.45) is 3.43. The highest BCUT2D eigenvalue weighted by molar-refractivity contribution is 6.05. The molecule has 0 unspecified atom stereocenters. The predicted molar refractivity (Wildman–Crippen MR) is 83.9 cm³/mol. The third-order valence-corrected chi connectivity index (χ3v) is 3.73. The third-order valence-electron chi connectivity index (χ3n) is 3.73. The zero-order valence-electron chi connectivity index (χ0n) is 12.9. The summed E-state index contributed by atoms with van der Waals surface area (Å²) >= 11 is 0. The van der Waals surface area contributed by atoms with Crippen molar-refractivity contribution >= 4 is 16.7 Å². The molecule has 0 aliphatic rings. The SMILES string of the molecule is CC(=O)c1cc(C)cc2c(=O)n(C)c(-c3nccn3C)nc12. The number of aryl methyl sites for hydroxylation is 2. The van der Waals surface area contributed by atoms with E-state index in [2.05, 4.69) is 9.97 Å². The molecule has 2 aromatic heterocycles. The highest BCUT2D eigenvalue weighted by Crippen LogP contribution is 2.21. The number of benzene rings is 1. The Hall–Kier alpha value is -2.76. The molecule has 22 heavy (non-hydrogen) atoms. The molecule has 0 aliphatic heterocycles. The highest BCUT2D eigenvalue weighted by Gasteiger charge is 2.17. The van der Waals surface area contributed by atoms with Crippen LogP contribution in [0.3, 0.4) is 0 Å². The summed E-state index contributed by atoms with van der Waals surface area (Å²) in [5.41, 5.74) is 1.57. The lowest BCUT2D eigenvalue weighted by molar-refractivity contribution is 0.101. The smallest absolute Gasteiger partial charge is 0.261 e. The first-order valence-corrected chi connectivity index (χ1v) is 6.90. The Balaban J connectivity index is 2.48. The Morgan fingerprint density at radius 1 is 1.18 bits per heavy atom. The van der Waals surface area contributed by atoms with Crippen LogP contribution in [-0.2, 0) is 14.1 Å². The van der Waals surface area contributed by atoms with Gasteiger partial charge in [0.15, 0.2) is 17.4 Å². The summed E-state index contributed by atoms with van der Waals surface area (Å²) in [6.45, 7) is 3.34. The molecule has 0 aliphatic carbocycles. The molecule has 0 bridgehead atoms. The van der Waals surface area contributed by atoms with E-state index < -0.39 is 0 Å². The minimum absolute atomic E-state index is 0.111. The molecule has 0 radical (unpaired) electrons. The summed E-state index contributed by atoms with van der Waals surface area (Å²) in [5, 5.41) is 0.450. The monoisotopic (exact) mass is 296 g/mol. The zero-order chi connectivity index (χ0) is 16.0. The number of nitrogens with zero attached hydrogens (tertiary/aromatic N) is 4. The van der Waals surface area contributed by atoms with Crippen LogP contribution in [0.5, 0.6) is 0 Å². The summed E-state index contributed by atoms with van der Waals surface area (Å²) < 4.78 is 3.25. The summed E-state index contributed by atoms with van der Waals surface area (Å²) in [6, 6.07) is 3.53. The second-order valence-electron chi connectivity index (χ2n) is 5.43. The molecule has 0 fully saturated rings. The Morgan fingerprint density at radius 2 is 1.91 bits per heavy atom. The van der Waals surface area contributed by atoms with Gasteiger partial charge in [0.1, 0.15) is 0 Å². The van der Waals surface area contributed by atoms with Gasteiger partial charge in [0.25, 0.3) is 5.56 Å². The van der Waals surface area contributed by atoms with Crippen molar-refractivity contribution in [2.45, 2.75) is 13.8 Å². The molecule has 0 amide bonds. The van der Waals surface area contributed by atoms with Crippen LogP contribution in [-0.4, -0.2) is 24.9 Å². The van der Waals surface area contributed by atoms with Crippen molar-refractivity contribution < 1.29 is 4.79 Å². The van der Waals surface area contributed by atoms with Gasteiger partial charge in [-0.15, -0.1) is 0 Å². The van der Waals surface area contributed by atoms with Gasteiger partial charge in [-0.2, -0.15) is 0 Å². The van der Waals surface area contributed by atoms with E-state index in [0.717, 1.165) is 5.56 Å². The molecule has 0 saturated heterocycles. The van der Waals surface area contributed by atoms with Crippen molar-refractivity contribution in [1.29, 1.82) is 0 Å². The average molecular weight is 296 g/mol. The van der Waals surface area contributed by atoms with Crippen LogP contribution in [0.15, 0.2) is 29.3 Å². The number of hydrogen-bond donors (Lipinski definition) is 0. The molecular weight excluding hydrogens is 280 g/mol. The number of fused-ring (bicyclic) bond motifs is 1. The van der Waals surface area contributed by atoms with Crippen LogP contribution >= 0.6 is 0 Å². The minimum Gasteiger partial charge on any atom is -0.331 e. The summed E-state index contributed by atoms with van der Waals surface area (Å²) in [5.74, 6) is 0.910. The number of rotatable bonds is 2. The van der Waals surface area contributed by atoms with E-state index in [1.807, 2.05) is 14.0 Å². The number of imidazole rings is 1. The van der Waals surface area contributed by atoms with Gasteiger partial charge >= 0.3 is 0 Å². The molecule has 1 aromatic carbocycles. The molecule has 2 heterocycles. The van der Waals surface area contributed by atoms with Crippen molar-refractivity contribution in [1.82, 2.24) is 19.1 Å². The normalized spacial score (nSPS) is 11.1. The Morgan fingerprint density at radius 3 is 2.50 bits per heavy atom. The lowest BCUT2D eigenvalue weighted by Crippen LogP contribution is -2.22. The van der Waals surface area contributed by atoms with Gasteiger partial charge < -0.3 is 4.57 Å². The largest absolute Gasteiger partial charge is 0.331 e. The first kappa shape index (κ1) is 14.2. The van der Waals surface area contributed by atoms with Crippen molar-refractivity contribution in [3.63, 3.8) is 0 Å². The van der Waals surface area contributed by atoms with Gasteiger partial charge in [-0.1, -0.05) is 0 Å². The Kier molecular flexibility index (Phi) is 3.16. The fourth-order valence-corrected chi connectivity index (χ4v) is 2.57. The van der Waals surface area contributed by atoms with Crippen molar-refractivity contribution in [2.75, 3.05) is 0 Å². The minimum atomic E-state index is -0.186. The average Bonchev–Trinajstić information content (AvgIpc) is 2.88. The summed E-state index contributed by atoms with van der Waals surface area (Å²) in [7, 11) is 3.49. The summed E-state index contributed by atoms with van der Waals surface area (Å²) in [4.78, 5) is 33.4. The fourth-order valence-electron chi connectivity index (χ4n) is 2.57. The Labute approximate surface area is 127 Å². The molecule has 6 nitrogen and oxygen atoms in total. The molecule has 0 N–H and O–H groups in total. The number of ketones is 1. The van der Waals surface area contributed by atoms with E-state index in [9.17, 15) is 9.59 Å². The van der Waals surface area contributed by atoms with Crippen LogP contribution in [0.1, 0.15) is 22.8 Å². The second kappa shape index (κ2) is 4.91. The molecular formula is C16H16N4O2.